The Morgan fingerprint density at radius 2 is 1.05 bits per heavy atom. The average Bonchev–Trinajstić information content (AvgIpc) is 3.06. The highest BCUT2D eigenvalue weighted by Gasteiger charge is 2.37. The Morgan fingerprint density at radius 1 is 0.571 bits per heavy atom. The van der Waals surface area contributed by atoms with E-state index in [-0.39, 0.29) is 5.06 Å². The second kappa shape index (κ2) is 10.9. The van der Waals surface area contributed by atoms with E-state index in [1.165, 1.54) is 32.1 Å². The predicted octanol–water partition coefficient (Wildman–Crippen LogP) is 5.37. The maximum absolute atomic E-state index is 13.0. The largest absolute Gasteiger partial charge is 0.629 e. The lowest BCUT2D eigenvalue weighted by molar-refractivity contribution is -0.791. The highest BCUT2D eigenvalue weighted by atomic mass is 28.3. The first kappa shape index (κ1) is 26.2. The van der Waals surface area contributed by atoms with Crippen LogP contribution in [-0.2, 0) is 6.54 Å². The summed E-state index contributed by atoms with van der Waals surface area (Å²) in [6.45, 7) is 2.51. The molecule has 6 aromatic carbocycles. The van der Waals surface area contributed by atoms with Gasteiger partial charge in [0.1, 0.15) is 12.2 Å². The van der Waals surface area contributed by atoms with Gasteiger partial charge < -0.3 is 15.2 Å². The summed E-state index contributed by atoms with van der Waals surface area (Å²) in [5.41, 5.74) is 6.46. The van der Waals surface area contributed by atoms with Crippen LogP contribution in [0.15, 0.2) is 158 Å². The van der Waals surface area contributed by atoms with E-state index in [9.17, 15) is 5.21 Å². The number of hydrogen-bond acceptors (Lipinski definition) is 2. The Hall–Kier alpha value is -4.74. The van der Waals surface area contributed by atoms with Gasteiger partial charge in [-0.1, -0.05) is 121 Å². The van der Waals surface area contributed by atoms with Gasteiger partial charge in [0.25, 0.3) is 0 Å². The summed E-state index contributed by atoms with van der Waals surface area (Å²) in [5, 5.41) is 18.7. The van der Waals surface area contributed by atoms with Gasteiger partial charge in [0.15, 0.2) is 0 Å². The van der Waals surface area contributed by atoms with Crippen LogP contribution in [0.2, 0.25) is 0 Å². The number of aryl methyl sites for hydroxylation is 1. The predicted molar refractivity (Wildman–Crippen MR) is 177 cm³/mol. The van der Waals surface area contributed by atoms with Crippen molar-refractivity contribution in [3.63, 3.8) is 0 Å². The van der Waals surface area contributed by atoms with Gasteiger partial charge in [-0.15, -0.1) is 10.4 Å². The van der Waals surface area contributed by atoms with E-state index in [0.717, 1.165) is 22.5 Å². The highest BCUT2D eigenvalue weighted by molar-refractivity contribution is 7.21. The first-order valence-electron chi connectivity index (χ1n) is 14.5. The van der Waals surface area contributed by atoms with Crippen molar-refractivity contribution in [3.8, 4) is 0 Å². The van der Waals surface area contributed by atoms with Gasteiger partial charge >= 0.3 is 0 Å². The van der Waals surface area contributed by atoms with Gasteiger partial charge in [0.2, 0.25) is 0 Å². The molecule has 1 heterocycles. The molecule has 0 amide bonds. The Morgan fingerprint density at radius 3 is 1.57 bits per heavy atom. The molecule has 0 bridgehead atoms. The van der Waals surface area contributed by atoms with E-state index in [2.05, 4.69) is 139 Å². The number of hydroxylamine groups is 1. The summed E-state index contributed by atoms with van der Waals surface area (Å²) in [4.78, 5) is 2.41. The van der Waals surface area contributed by atoms with Crippen LogP contribution < -0.4 is 30.7 Å². The minimum Gasteiger partial charge on any atom is -0.629 e. The van der Waals surface area contributed by atoms with E-state index in [1.807, 2.05) is 30.3 Å². The highest BCUT2D eigenvalue weighted by Crippen LogP contribution is 2.38. The molecule has 3 nitrogen and oxygen atoms in total. The number of hydrogen-bond donors (Lipinski definition) is 1. The zero-order valence-corrected chi connectivity index (χ0v) is 24.6. The fraction of sp³-hybridized carbons (Fsp3) is 0.0526. The van der Waals surface area contributed by atoms with Crippen LogP contribution in [0, 0.1) is 12.1 Å². The number of benzene rings is 6. The molecule has 7 rings (SSSR count). The molecule has 0 aromatic heterocycles. The summed E-state index contributed by atoms with van der Waals surface area (Å²) < 4.78 is 0. The molecule has 1 atom stereocenters. The van der Waals surface area contributed by atoms with E-state index in [1.54, 1.807) is 0 Å². The zero-order valence-electron chi connectivity index (χ0n) is 23.6. The van der Waals surface area contributed by atoms with Gasteiger partial charge in [0.05, 0.1) is 0 Å². The van der Waals surface area contributed by atoms with Crippen molar-refractivity contribution in [1.82, 2.24) is 0 Å². The molecule has 0 fully saturated rings. The quantitative estimate of drug-likeness (QED) is 0.219. The lowest BCUT2D eigenvalue weighted by Crippen LogP contribution is -3.00. The number of quaternary nitrogens is 1. The molecular formula is C38H32N2OSi-. The van der Waals surface area contributed by atoms with Crippen molar-refractivity contribution in [2.24, 2.45) is 0 Å². The molecular weight excluding hydrogens is 529 g/mol. The topological polar surface area (TPSA) is 30.7 Å². The van der Waals surface area contributed by atoms with E-state index < -0.39 is 8.07 Å². The summed E-state index contributed by atoms with van der Waals surface area (Å²) in [6.07, 6.45) is 0. The van der Waals surface area contributed by atoms with Crippen LogP contribution >= 0.6 is 0 Å². The summed E-state index contributed by atoms with van der Waals surface area (Å²) in [6, 6.07) is 56.1. The molecule has 42 heavy (non-hydrogen) atoms. The Balaban J connectivity index is 1.40. The first-order valence-corrected chi connectivity index (χ1v) is 16.5. The van der Waals surface area contributed by atoms with Crippen molar-refractivity contribution >= 4 is 51.6 Å². The maximum Gasteiger partial charge on any atom is 0.131 e. The van der Waals surface area contributed by atoms with Gasteiger partial charge in [0, 0.05) is 22.6 Å². The van der Waals surface area contributed by atoms with Crippen molar-refractivity contribution in [2.75, 3.05) is 4.90 Å². The zero-order chi connectivity index (χ0) is 28.5. The van der Waals surface area contributed by atoms with E-state index in [0.29, 0.717) is 6.54 Å². The molecule has 1 unspecified atom stereocenters. The minimum absolute atomic E-state index is 0.140. The second-order valence-corrected chi connectivity index (χ2v) is 14.7. The molecule has 4 heteroatoms. The van der Waals surface area contributed by atoms with Crippen LogP contribution in [0.3, 0.4) is 0 Å². The molecule has 1 N–H and O–H groups in total. The summed E-state index contributed by atoms with van der Waals surface area (Å²) in [5.74, 6) is 0. The van der Waals surface area contributed by atoms with Gasteiger partial charge in [-0.25, -0.2) is 0 Å². The Kier molecular flexibility index (Phi) is 6.80. The average molecular weight is 561 g/mol. The van der Waals surface area contributed by atoms with Crippen LogP contribution in [0.4, 0.5) is 22.7 Å². The van der Waals surface area contributed by atoms with Crippen molar-refractivity contribution in [3.05, 3.63) is 174 Å². The van der Waals surface area contributed by atoms with Crippen LogP contribution in [0.1, 0.15) is 11.1 Å². The van der Waals surface area contributed by atoms with Crippen LogP contribution in [-0.4, -0.2) is 8.07 Å². The molecule has 0 saturated heterocycles. The Labute approximate surface area is 248 Å². The van der Waals surface area contributed by atoms with Crippen molar-refractivity contribution in [2.45, 2.75) is 13.5 Å². The van der Waals surface area contributed by atoms with Gasteiger partial charge in [-0.2, -0.15) is 10.4 Å². The molecule has 0 spiro atoms. The monoisotopic (exact) mass is 560 g/mol. The number of para-hydroxylation sites is 3. The van der Waals surface area contributed by atoms with Gasteiger partial charge in [-0.05, 0) is 57.0 Å². The molecule has 1 aliphatic heterocycles. The summed E-state index contributed by atoms with van der Waals surface area (Å²) in [7, 11) is -2.62. The van der Waals surface area contributed by atoms with E-state index in [4.69, 9.17) is 0 Å². The SMILES string of the molecule is Cc1cc(N2c3ccccc3[Si-](c3ccccc3)(c3ccccc3)c3ccccc32)ccc1C[NH+]([O-])c1ccccc1. The number of nitrogens with one attached hydrogen (secondary N) is 1. The maximum atomic E-state index is 13.0. The molecule has 205 valence electrons. The summed E-state index contributed by atoms with van der Waals surface area (Å²) >= 11 is 0. The van der Waals surface area contributed by atoms with E-state index >= 15 is 0 Å². The van der Waals surface area contributed by atoms with Crippen molar-refractivity contribution < 1.29 is 5.06 Å². The second-order valence-electron chi connectivity index (χ2n) is 10.9. The molecule has 0 radical (unpaired) electrons. The normalized spacial score (nSPS) is 14.1. The fourth-order valence-electron chi connectivity index (χ4n) is 6.61. The molecule has 0 aliphatic carbocycles. The van der Waals surface area contributed by atoms with Gasteiger partial charge in [-0.3, -0.25) is 0 Å². The smallest absolute Gasteiger partial charge is 0.131 e. The first-order chi connectivity index (χ1) is 20.7. The fourth-order valence-corrected chi connectivity index (χ4v) is 11.7. The third-order valence-electron chi connectivity index (χ3n) is 8.54. The number of rotatable bonds is 6. The number of anilines is 3. The van der Waals surface area contributed by atoms with Crippen LogP contribution in [0.25, 0.3) is 0 Å². The van der Waals surface area contributed by atoms with Crippen LogP contribution in [0.5, 0.6) is 0 Å². The molecule has 1 aliphatic rings. The van der Waals surface area contributed by atoms with Crippen molar-refractivity contribution in [1.29, 1.82) is 0 Å². The lowest BCUT2D eigenvalue weighted by atomic mass is 10.1. The minimum atomic E-state index is -2.62. The standard InChI is InChI=1S/C38H32N2OSi/c1-29-27-32(26-25-30(29)28-39(41)31-15-5-2-6-16-31)40-35-21-11-13-23-37(35)42(33-17-7-3-8-18-33,34-19-9-4-10-20-34)38-24-14-12-22-36(38)40/h2-27,39H,28H2,1H3/q-1. The lowest BCUT2D eigenvalue weighted by Gasteiger charge is -2.54. The molecule has 6 aromatic rings. The molecule has 0 saturated carbocycles. The number of nitrogens with zero attached hydrogens (tertiary/aromatic N) is 1. The third-order valence-corrected chi connectivity index (χ3v) is 13.4. The Bertz CT molecular complexity index is 1750. The third kappa shape index (κ3) is 4.29. The number of fused-ring (bicyclic) bond motifs is 2.